The number of rotatable bonds is 20. The maximum atomic E-state index is 13.2. The van der Waals surface area contributed by atoms with Crippen LogP contribution in [0.3, 0.4) is 0 Å². The van der Waals surface area contributed by atoms with Crippen molar-refractivity contribution in [2.45, 2.75) is 122 Å². The Labute approximate surface area is 311 Å². The van der Waals surface area contributed by atoms with Crippen LogP contribution in [-0.4, -0.2) is 68.4 Å². The zero-order valence-electron chi connectivity index (χ0n) is 31.5. The molecule has 0 saturated carbocycles. The summed E-state index contributed by atoms with van der Waals surface area (Å²) in [6.45, 7) is 12.9. The van der Waals surface area contributed by atoms with Gasteiger partial charge >= 0.3 is 5.97 Å². The second kappa shape index (κ2) is 20.7. The van der Waals surface area contributed by atoms with Crippen molar-refractivity contribution < 1.29 is 33.3 Å². The summed E-state index contributed by atoms with van der Waals surface area (Å²) >= 11 is 1.59. The highest BCUT2D eigenvalue weighted by Gasteiger charge is 2.53. The van der Waals surface area contributed by atoms with Gasteiger partial charge in [0.1, 0.15) is 30.5 Å². The molecule has 3 aromatic rings. The molecule has 3 aromatic carbocycles. The highest BCUT2D eigenvalue weighted by molar-refractivity contribution is 7.99. The summed E-state index contributed by atoms with van der Waals surface area (Å²) in [5.74, 6) is 0.0718. The number of unbranched alkanes of at least 4 members (excludes halogenated alkanes) is 5. The minimum atomic E-state index is -2.96. The number of aliphatic hydroxyl groups excluding tert-OH is 1. The Morgan fingerprint density at radius 3 is 1.98 bits per heavy atom. The molecule has 280 valence electrons. The van der Waals surface area contributed by atoms with Gasteiger partial charge in [0.15, 0.2) is 6.10 Å². The number of aliphatic hydroxyl groups is 1. The number of carbonyl (C=O) groups excluding carboxylic acids is 1. The molecule has 1 aliphatic rings. The van der Waals surface area contributed by atoms with E-state index in [0.29, 0.717) is 6.61 Å². The minimum absolute atomic E-state index is 0.0799. The number of hydrogen-bond donors (Lipinski definition) is 1. The molecule has 0 unspecified atom stereocenters. The predicted octanol–water partition coefficient (Wildman–Crippen LogP) is 7.87. The maximum Gasteiger partial charge on any atom is 0.308 e. The highest BCUT2D eigenvalue weighted by Crippen LogP contribution is 2.39. The van der Waals surface area contributed by atoms with E-state index in [2.05, 4.69) is 76.2 Å². The Morgan fingerprint density at radius 1 is 0.843 bits per heavy atom. The SMILES string of the molecule is CCCCCCCCS[C@@H]1O[C@H](CO[Si](c2ccccc2)(c2ccccc2)C(C)(C)C)[C@@H](OC(=O)C(C)C)[C@H](OCOCc2ccccc2)[C@H]1O. The van der Waals surface area contributed by atoms with Gasteiger partial charge in [0.2, 0.25) is 0 Å². The Hall–Kier alpha value is -2.50. The third-order valence-corrected chi connectivity index (χ3v) is 15.7. The van der Waals surface area contributed by atoms with Gasteiger partial charge in [0, 0.05) is 0 Å². The average molecular weight is 737 g/mol. The van der Waals surface area contributed by atoms with Crippen LogP contribution in [0.4, 0.5) is 0 Å². The van der Waals surface area contributed by atoms with Crippen molar-refractivity contribution >= 4 is 36.4 Å². The summed E-state index contributed by atoms with van der Waals surface area (Å²) in [4.78, 5) is 13.2. The number of hydrogen-bond acceptors (Lipinski definition) is 8. The molecular weight excluding hydrogens is 677 g/mol. The van der Waals surface area contributed by atoms with Gasteiger partial charge in [0.25, 0.3) is 8.32 Å². The fourth-order valence-electron chi connectivity index (χ4n) is 6.68. The van der Waals surface area contributed by atoms with Gasteiger partial charge in [-0.2, -0.15) is 0 Å². The second-order valence-corrected chi connectivity index (χ2v) is 20.3. The number of ether oxygens (including phenoxy) is 4. The van der Waals surface area contributed by atoms with Gasteiger partial charge in [-0.3, -0.25) is 4.79 Å². The van der Waals surface area contributed by atoms with E-state index >= 15 is 0 Å². The van der Waals surface area contributed by atoms with E-state index in [4.69, 9.17) is 23.4 Å². The zero-order valence-corrected chi connectivity index (χ0v) is 33.3. The van der Waals surface area contributed by atoms with Crippen LogP contribution in [0.1, 0.15) is 85.6 Å². The Balaban J connectivity index is 1.64. The molecule has 0 bridgehead atoms. The van der Waals surface area contributed by atoms with E-state index in [-0.39, 0.29) is 30.3 Å². The molecular formula is C42H60O7SSi. The fourth-order valence-corrected chi connectivity index (χ4v) is 12.4. The average Bonchev–Trinajstić information content (AvgIpc) is 3.13. The first kappa shape index (κ1) is 41.3. The first-order chi connectivity index (χ1) is 24.6. The van der Waals surface area contributed by atoms with Gasteiger partial charge < -0.3 is 28.5 Å². The summed E-state index contributed by atoms with van der Waals surface area (Å²) in [5, 5.41) is 13.8. The Kier molecular flexibility index (Phi) is 16.7. The lowest BCUT2D eigenvalue weighted by atomic mass is 9.99. The molecule has 1 fully saturated rings. The summed E-state index contributed by atoms with van der Waals surface area (Å²) in [5.41, 5.74) is 0.418. The van der Waals surface area contributed by atoms with Crippen LogP contribution >= 0.6 is 11.8 Å². The van der Waals surface area contributed by atoms with Crippen molar-refractivity contribution in [1.82, 2.24) is 0 Å². The highest BCUT2D eigenvalue weighted by atomic mass is 32.2. The number of benzene rings is 3. The van der Waals surface area contributed by atoms with E-state index < -0.39 is 38.2 Å². The first-order valence-corrected chi connectivity index (χ1v) is 21.7. The first-order valence-electron chi connectivity index (χ1n) is 18.7. The fraction of sp³-hybridized carbons (Fsp3) is 0.548. The Morgan fingerprint density at radius 2 is 1.41 bits per heavy atom. The summed E-state index contributed by atoms with van der Waals surface area (Å²) in [6.07, 6.45) is 3.54. The van der Waals surface area contributed by atoms with Crippen LogP contribution in [-0.2, 0) is 34.8 Å². The smallest absolute Gasteiger partial charge is 0.308 e. The van der Waals surface area contributed by atoms with Gasteiger partial charge in [0.05, 0.1) is 19.1 Å². The van der Waals surface area contributed by atoms with Gasteiger partial charge in [-0.1, -0.05) is 165 Å². The normalized spacial score (nSPS) is 21.1. The monoisotopic (exact) mass is 736 g/mol. The molecule has 0 spiro atoms. The topological polar surface area (TPSA) is 83.5 Å². The van der Waals surface area contributed by atoms with E-state index in [9.17, 15) is 9.90 Å². The van der Waals surface area contributed by atoms with Crippen LogP contribution in [0.25, 0.3) is 0 Å². The molecule has 5 atom stereocenters. The largest absolute Gasteiger partial charge is 0.456 e. The van der Waals surface area contributed by atoms with Crippen molar-refractivity contribution in [3.05, 3.63) is 96.6 Å². The van der Waals surface area contributed by atoms with Crippen molar-refractivity contribution in [3.63, 3.8) is 0 Å². The molecule has 1 aliphatic heterocycles. The molecule has 0 radical (unpaired) electrons. The van der Waals surface area contributed by atoms with E-state index in [0.717, 1.165) is 34.5 Å². The predicted molar refractivity (Wildman–Crippen MR) is 210 cm³/mol. The second-order valence-electron chi connectivity index (χ2n) is 14.8. The lowest BCUT2D eigenvalue weighted by Crippen LogP contribution is -2.68. The quantitative estimate of drug-likeness (QED) is 0.0544. The van der Waals surface area contributed by atoms with E-state index in [1.807, 2.05) is 42.5 Å². The molecule has 1 N–H and O–H groups in total. The van der Waals surface area contributed by atoms with Crippen LogP contribution in [0.2, 0.25) is 5.04 Å². The molecule has 7 nitrogen and oxygen atoms in total. The van der Waals surface area contributed by atoms with Crippen molar-refractivity contribution in [2.75, 3.05) is 19.2 Å². The van der Waals surface area contributed by atoms with Gasteiger partial charge in [-0.05, 0) is 33.1 Å². The summed E-state index contributed by atoms with van der Waals surface area (Å²) in [6, 6.07) is 30.8. The van der Waals surface area contributed by atoms with Crippen LogP contribution in [0.5, 0.6) is 0 Å². The zero-order chi connectivity index (χ0) is 36.7. The van der Waals surface area contributed by atoms with Crippen LogP contribution < -0.4 is 10.4 Å². The van der Waals surface area contributed by atoms with E-state index in [1.54, 1.807) is 25.6 Å². The molecule has 0 aliphatic carbocycles. The third kappa shape index (κ3) is 11.5. The Bertz CT molecular complexity index is 1360. The van der Waals surface area contributed by atoms with E-state index in [1.165, 1.54) is 25.7 Å². The molecule has 51 heavy (non-hydrogen) atoms. The summed E-state index contributed by atoms with van der Waals surface area (Å²) < 4.78 is 32.5. The maximum absolute atomic E-state index is 13.2. The molecule has 9 heteroatoms. The molecule has 1 heterocycles. The van der Waals surface area contributed by atoms with Crippen LogP contribution in [0.15, 0.2) is 91.0 Å². The molecule has 0 amide bonds. The standard InChI is InChI=1S/C42H60O7SSi/c1-7-8-9-10-11-21-28-50-41-37(43)39(46-31-45-29-33-22-15-12-16-23-33)38(49-40(44)32(2)3)36(48-41)30-47-51(42(4,5)6,34-24-17-13-18-25-34)35-26-19-14-20-27-35/h12-20,22-27,32,36-39,41,43H,7-11,21,28-31H2,1-6H3/t36-,37-,38-,39-,41+/m1/s1. The van der Waals surface area contributed by atoms with Gasteiger partial charge in [-0.15, -0.1) is 11.8 Å². The number of esters is 1. The van der Waals surface area contributed by atoms with Crippen molar-refractivity contribution in [2.24, 2.45) is 5.92 Å². The molecule has 0 aromatic heterocycles. The molecule has 1 saturated heterocycles. The van der Waals surface area contributed by atoms with Crippen LogP contribution in [0, 0.1) is 5.92 Å². The lowest BCUT2D eigenvalue weighted by molar-refractivity contribution is -0.249. The molecule has 4 rings (SSSR count). The minimum Gasteiger partial charge on any atom is -0.456 e. The van der Waals surface area contributed by atoms with Gasteiger partial charge in [-0.25, -0.2) is 0 Å². The number of carbonyl (C=O) groups is 1. The lowest BCUT2D eigenvalue weighted by Gasteiger charge is -2.47. The summed E-state index contributed by atoms with van der Waals surface area (Å²) in [7, 11) is -2.96. The third-order valence-electron chi connectivity index (χ3n) is 9.45. The van der Waals surface area contributed by atoms with Crippen molar-refractivity contribution in [3.8, 4) is 0 Å². The van der Waals surface area contributed by atoms with Crippen molar-refractivity contribution in [1.29, 1.82) is 0 Å². The number of thioether (sulfide) groups is 1.